The van der Waals surface area contributed by atoms with Crippen molar-refractivity contribution >= 4 is 6.03 Å². The smallest absolute Gasteiger partial charge is 0.318 e. The van der Waals surface area contributed by atoms with Crippen LogP contribution >= 0.6 is 0 Å². The molecule has 2 saturated heterocycles. The molecule has 3 aliphatic rings. The number of ether oxygens (including phenoxy) is 1. The minimum absolute atomic E-state index is 0.00168. The molecule has 0 unspecified atom stereocenters. The number of urea groups is 1. The number of amides is 2. The largest absolute Gasteiger partial charge is 0.388 e. The van der Waals surface area contributed by atoms with E-state index >= 15 is 0 Å². The van der Waals surface area contributed by atoms with Crippen molar-refractivity contribution in [2.75, 3.05) is 26.3 Å². The van der Waals surface area contributed by atoms with Gasteiger partial charge in [-0.25, -0.2) is 4.79 Å². The molecule has 108 valence electrons. The number of aliphatic hydroxyl groups is 1. The molecule has 0 bridgehead atoms. The number of carbonyl (C=O) groups excluding carboxylic acids is 1. The molecule has 0 aromatic rings. The van der Waals surface area contributed by atoms with Gasteiger partial charge in [-0.2, -0.15) is 0 Å². The molecule has 19 heavy (non-hydrogen) atoms. The van der Waals surface area contributed by atoms with Gasteiger partial charge in [-0.3, -0.25) is 0 Å². The van der Waals surface area contributed by atoms with Crippen molar-refractivity contribution in [3.05, 3.63) is 0 Å². The summed E-state index contributed by atoms with van der Waals surface area (Å²) in [5, 5.41) is 13.6. The molecule has 5 heteroatoms. The van der Waals surface area contributed by atoms with E-state index in [1.54, 1.807) is 0 Å². The van der Waals surface area contributed by atoms with E-state index in [4.69, 9.17) is 4.74 Å². The van der Waals surface area contributed by atoms with Gasteiger partial charge in [0.25, 0.3) is 0 Å². The van der Waals surface area contributed by atoms with Crippen LogP contribution in [0.25, 0.3) is 0 Å². The van der Waals surface area contributed by atoms with Crippen molar-refractivity contribution in [2.24, 2.45) is 0 Å². The van der Waals surface area contributed by atoms with Crippen LogP contribution in [0.2, 0.25) is 0 Å². The third-order valence-electron chi connectivity index (χ3n) is 5.05. The number of hydrogen-bond donors (Lipinski definition) is 2. The molecule has 3 fully saturated rings. The second kappa shape index (κ2) is 4.94. The lowest BCUT2D eigenvalue weighted by molar-refractivity contribution is -0.0844. The van der Waals surface area contributed by atoms with E-state index in [2.05, 4.69) is 5.32 Å². The van der Waals surface area contributed by atoms with E-state index in [1.165, 1.54) is 19.3 Å². The van der Waals surface area contributed by atoms with Gasteiger partial charge in [0.15, 0.2) is 0 Å². The molecular weight excluding hydrogens is 244 g/mol. The fourth-order valence-electron chi connectivity index (χ4n) is 3.75. The Morgan fingerprint density at radius 1 is 1.16 bits per heavy atom. The highest BCUT2D eigenvalue weighted by atomic mass is 16.5. The lowest BCUT2D eigenvalue weighted by Gasteiger charge is -2.44. The monoisotopic (exact) mass is 268 g/mol. The Balaban J connectivity index is 1.74. The standard InChI is InChI=1S/C14H24N2O3/c17-12-15-10-13(4-2-1-3-5-13)16(12)11-14(18)6-8-19-9-7-14/h18H,1-11H2,(H,15,17). The normalized spacial score (nSPS) is 29.5. The van der Waals surface area contributed by atoms with Crippen LogP contribution in [0.4, 0.5) is 4.79 Å². The highest BCUT2D eigenvalue weighted by Gasteiger charge is 2.48. The maximum Gasteiger partial charge on any atom is 0.318 e. The zero-order valence-corrected chi connectivity index (χ0v) is 11.5. The Kier molecular flexibility index (Phi) is 3.43. The number of hydrogen-bond acceptors (Lipinski definition) is 3. The Morgan fingerprint density at radius 3 is 2.53 bits per heavy atom. The molecule has 0 radical (unpaired) electrons. The summed E-state index contributed by atoms with van der Waals surface area (Å²) in [6, 6.07) is 0.00168. The molecule has 0 aromatic carbocycles. The van der Waals surface area contributed by atoms with Gasteiger partial charge in [0.2, 0.25) is 0 Å². The second-order valence-corrected chi connectivity index (χ2v) is 6.37. The van der Waals surface area contributed by atoms with Crippen molar-refractivity contribution in [3.8, 4) is 0 Å². The fourth-order valence-corrected chi connectivity index (χ4v) is 3.75. The number of nitrogens with zero attached hydrogens (tertiary/aromatic N) is 1. The summed E-state index contributed by atoms with van der Waals surface area (Å²) in [5.74, 6) is 0. The Morgan fingerprint density at radius 2 is 1.84 bits per heavy atom. The van der Waals surface area contributed by atoms with Crippen LogP contribution in [0.5, 0.6) is 0 Å². The summed E-state index contributed by atoms with van der Waals surface area (Å²) in [6.45, 7) is 2.40. The quantitative estimate of drug-likeness (QED) is 0.792. The van der Waals surface area contributed by atoms with E-state index in [0.29, 0.717) is 32.6 Å². The molecule has 2 N–H and O–H groups in total. The first kappa shape index (κ1) is 13.2. The van der Waals surface area contributed by atoms with Gasteiger partial charge >= 0.3 is 6.03 Å². The van der Waals surface area contributed by atoms with Crippen LogP contribution < -0.4 is 5.32 Å². The maximum atomic E-state index is 12.1. The van der Waals surface area contributed by atoms with Crippen molar-refractivity contribution < 1.29 is 14.6 Å². The van der Waals surface area contributed by atoms with Crippen LogP contribution in [0.15, 0.2) is 0 Å². The molecule has 2 heterocycles. The molecule has 0 atom stereocenters. The third-order valence-corrected chi connectivity index (χ3v) is 5.05. The van der Waals surface area contributed by atoms with Gasteiger partial charge in [0.05, 0.1) is 17.7 Å². The molecule has 5 nitrogen and oxygen atoms in total. The second-order valence-electron chi connectivity index (χ2n) is 6.37. The first-order valence-electron chi connectivity index (χ1n) is 7.49. The topological polar surface area (TPSA) is 61.8 Å². The average molecular weight is 268 g/mol. The Labute approximate surface area is 114 Å². The SMILES string of the molecule is O=C1NCC2(CCCCC2)N1CC1(O)CCOCC1. The van der Waals surface area contributed by atoms with Gasteiger partial charge < -0.3 is 20.1 Å². The van der Waals surface area contributed by atoms with Crippen LogP contribution in [0.1, 0.15) is 44.9 Å². The van der Waals surface area contributed by atoms with Crippen molar-refractivity contribution in [1.82, 2.24) is 10.2 Å². The number of carbonyl (C=O) groups is 1. The zero-order chi connectivity index (χ0) is 13.3. The summed E-state index contributed by atoms with van der Waals surface area (Å²) >= 11 is 0. The molecule has 1 spiro atoms. The van der Waals surface area contributed by atoms with Gasteiger partial charge in [-0.1, -0.05) is 19.3 Å². The lowest BCUT2D eigenvalue weighted by atomic mass is 9.80. The van der Waals surface area contributed by atoms with Gasteiger partial charge in [-0.05, 0) is 12.8 Å². The summed E-state index contributed by atoms with van der Waals surface area (Å²) in [4.78, 5) is 14.1. The Hall–Kier alpha value is -0.810. The minimum Gasteiger partial charge on any atom is -0.388 e. The zero-order valence-electron chi connectivity index (χ0n) is 11.5. The molecule has 2 aliphatic heterocycles. The van der Waals surface area contributed by atoms with Gasteiger partial charge in [-0.15, -0.1) is 0 Å². The summed E-state index contributed by atoms with van der Waals surface area (Å²) in [7, 11) is 0. The van der Waals surface area contributed by atoms with Gasteiger partial charge in [0, 0.05) is 32.6 Å². The van der Waals surface area contributed by atoms with Crippen LogP contribution in [-0.4, -0.2) is 53.5 Å². The predicted molar refractivity (Wildman–Crippen MR) is 70.9 cm³/mol. The number of β-amino-alcohol motifs (C(OH)–C–C–N with tert-alkyl or cyclic N) is 1. The average Bonchev–Trinajstić information content (AvgIpc) is 2.70. The van der Waals surface area contributed by atoms with Crippen molar-refractivity contribution in [2.45, 2.75) is 56.1 Å². The van der Waals surface area contributed by atoms with E-state index in [9.17, 15) is 9.90 Å². The first-order valence-corrected chi connectivity index (χ1v) is 7.49. The van der Waals surface area contributed by atoms with Crippen LogP contribution in [0, 0.1) is 0 Å². The van der Waals surface area contributed by atoms with Crippen LogP contribution in [-0.2, 0) is 4.74 Å². The van der Waals surface area contributed by atoms with E-state index in [0.717, 1.165) is 19.4 Å². The molecule has 2 amide bonds. The van der Waals surface area contributed by atoms with Crippen molar-refractivity contribution in [3.63, 3.8) is 0 Å². The molecule has 1 aliphatic carbocycles. The summed E-state index contributed by atoms with van der Waals surface area (Å²) in [5.41, 5.74) is -0.798. The third kappa shape index (κ3) is 2.46. The van der Waals surface area contributed by atoms with E-state index < -0.39 is 5.60 Å². The highest BCUT2D eigenvalue weighted by Crippen LogP contribution is 2.38. The molecule has 3 rings (SSSR count). The Bertz CT molecular complexity index is 347. The molecule has 1 saturated carbocycles. The van der Waals surface area contributed by atoms with Gasteiger partial charge in [0.1, 0.15) is 0 Å². The maximum absolute atomic E-state index is 12.1. The highest BCUT2D eigenvalue weighted by molar-refractivity contribution is 5.78. The van der Waals surface area contributed by atoms with Crippen molar-refractivity contribution in [1.29, 1.82) is 0 Å². The minimum atomic E-state index is -0.760. The molecule has 0 aromatic heterocycles. The predicted octanol–water partition coefficient (Wildman–Crippen LogP) is 1.26. The summed E-state index contributed by atoms with van der Waals surface area (Å²) in [6.07, 6.45) is 7.04. The number of nitrogens with one attached hydrogen (secondary N) is 1. The molecular formula is C14H24N2O3. The first-order chi connectivity index (χ1) is 9.14. The summed E-state index contributed by atoms with van der Waals surface area (Å²) < 4.78 is 5.31. The lowest BCUT2D eigenvalue weighted by Crippen LogP contribution is -2.56. The van der Waals surface area contributed by atoms with E-state index in [1.807, 2.05) is 4.90 Å². The number of rotatable bonds is 2. The van der Waals surface area contributed by atoms with E-state index in [-0.39, 0.29) is 11.6 Å². The van der Waals surface area contributed by atoms with Crippen LogP contribution in [0.3, 0.4) is 0 Å². The fraction of sp³-hybridized carbons (Fsp3) is 0.929.